The van der Waals surface area contributed by atoms with Crippen molar-refractivity contribution in [3.63, 3.8) is 0 Å². The quantitative estimate of drug-likeness (QED) is 0.399. The van der Waals surface area contributed by atoms with Crippen LogP contribution in [-0.4, -0.2) is 11.5 Å². The first-order valence-corrected chi connectivity index (χ1v) is 12.5. The van der Waals surface area contributed by atoms with Crippen LogP contribution in [0.3, 0.4) is 0 Å². The molecule has 6 rings (SSSR count). The topological polar surface area (TPSA) is 29.4 Å². The van der Waals surface area contributed by atoms with Crippen LogP contribution in [0.2, 0.25) is 0 Å². The predicted octanol–water partition coefficient (Wildman–Crippen LogP) is 7.28. The highest BCUT2D eigenvalue weighted by atomic mass is 16.1. The predicted molar refractivity (Wildman–Crippen MR) is 134 cm³/mol. The summed E-state index contributed by atoms with van der Waals surface area (Å²) in [7, 11) is 0. The highest BCUT2D eigenvalue weighted by Crippen LogP contribution is 2.59. The number of hydrogen-bond acceptors (Lipinski definition) is 2. The van der Waals surface area contributed by atoms with Crippen LogP contribution in [0.25, 0.3) is 0 Å². The molecule has 2 heteroatoms. The van der Waals surface area contributed by atoms with Gasteiger partial charge in [-0.25, -0.2) is 4.99 Å². The van der Waals surface area contributed by atoms with Gasteiger partial charge < -0.3 is 0 Å². The molecule has 3 aromatic rings. The molecule has 0 saturated heterocycles. The van der Waals surface area contributed by atoms with Gasteiger partial charge in [0.25, 0.3) is 0 Å². The van der Waals surface area contributed by atoms with Crippen LogP contribution in [0.4, 0.5) is 5.69 Å². The fraction of sp³-hybridized carbons (Fsp3) is 0.355. The van der Waals surface area contributed by atoms with Crippen molar-refractivity contribution in [2.24, 2.45) is 22.2 Å². The zero-order valence-corrected chi connectivity index (χ0v) is 19.3. The molecule has 3 aliphatic carbocycles. The first-order valence-electron chi connectivity index (χ1n) is 12.5. The molecule has 0 aromatic heterocycles. The van der Waals surface area contributed by atoms with Crippen LogP contribution in [0, 0.1) is 17.3 Å². The summed E-state index contributed by atoms with van der Waals surface area (Å²) in [6.07, 6.45) is 6.43. The Labute approximate surface area is 196 Å². The molecule has 33 heavy (non-hydrogen) atoms. The molecule has 3 aromatic carbocycles. The first kappa shape index (κ1) is 20.6. The maximum Gasteiger partial charge on any atom is 0.139 e. The molecule has 0 amide bonds. The van der Waals surface area contributed by atoms with Gasteiger partial charge in [0, 0.05) is 23.0 Å². The minimum atomic E-state index is -0.0524. The minimum Gasteiger partial charge on any atom is -0.299 e. The van der Waals surface area contributed by atoms with Gasteiger partial charge in [-0.3, -0.25) is 4.79 Å². The molecule has 2 nitrogen and oxygen atoms in total. The number of benzene rings is 3. The van der Waals surface area contributed by atoms with E-state index >= 15 is 0 Å². The molecule has 0 heterocycles. The maximum atomic E-state index is 12.6. The molecule has 2 saturated carbocycles. The average Bonchev–Trinajstić information content (AvgIpc) is 3.17. The van der Waals surface area contributed by atoms with Gasteiger partial charge in [-0.1, -0.05) is 73.7 Å². The minimum absolute atomic E-state index is 0.0524. The Morgan fingerprint density at radius 3 is 2.24 bits per heavy atom. The number of ketones is 1. The van der Waals surface area contributed by atoms with Crippen molar-refractivity contribution in [1.29, 1.82) is 0 Å². The van der Waals surface area contributed by atoms with Gasteiger partial charge in [0.05, 0.1) is 11.4 Å². The smallest absolute Gasteiger partial charge is 0.139 e. The number of carbonyl (C=O) groups is 1. The molecule has 2 fully saturated rings. The van der Waals surface area contributed by atoms with Crippen LogP contribution in [0.5, 0.6) is 0 Å². The van der Waals surface area contributed by atoms with Gasteiger partial charge in [0.15, 0.2) is 0 Å². The summed E-state index contributed by atoms with van der Waals surface area (Å²) in [5, 5.41) is 0. The number of nitrogens with zero attached hydrogens (tertiary/aromatic N) is 1. The number of aryl methyl sites for hydroxylation is 1. The molecule has 0 spiro atoms. The number of fused-ring (bicyclic) bond motifs is 5. The summed E-state index contributed by atoms with van der Waals surface area (Å²) in [5.41, 5.74) is 7.26. The van der Waals surface area contributed by atoms with Crippen molar-refractivity contribution in [1.82, 2.24) is 0 Å². The second-order valence-corrected chi connectivity index (χ2v) is 10.4. The van der Waals surface area contributed by atoms with Gasteiger partial charge in [-0.15, -0.1) is 0 Å². The molecular formula is C31H31NO. The second kappa shape index (κ2) is 8.09. The van der Waals surface area contributed by atoms with Gasteiger partial charge in [-0.2, -0.15) is 0 Å². The fourth-order valence-corrected chi connectivity index (χ4v) is 7.03. The Hall–Kier alpha value is -3.00. The zero-order chi connectivity index (χ0) is 22.4. The second-order valence-electron chi connectivity index (χ2n) is 10.4. The third-order valence-electron chi connectivity index (χ3n) is 8.75. The summed E-state index contributed by atoms with van der Waals surface area (Å²) in [5.74, 6) is 2.38. The lowest BCUT2D eigenvalue weighted by Gasteiger charge is -2.48. The Kier molecular flexibility index (Phi) is 5.05. The Balaban J connectivity index is 1.35. The van der Waals surface area contributed by atoms with E-state index in [0.29, 0.717) is 23.5 Å². The van der Waals surface area contributed by atoms with Crippen LogP contribution in [0.1, 0.15) is 67.2 Å². The summed E-state index contributed by atoms with van der Waals surface area (Å²) in [6.45, 7) is 2.26. The van der Waals surface area contributed by atoms with E-state index in [4.69, 9.17) is 4.99 Å². The van der Waals surface area contributed by atoms with Crippen molar-refractivity contribution < 1.29 is 4.79 Å². The lowest BCUT2D eigenvalue weighted by Crippen LogP contribution is -2.42. The number of aliphatic imine (C=N–C) groups is 1. The molecule has 3 aliphatic rings. The van der Waals surface area contributed by atoms with Gasteiger partial charge in [-0.05, 0) is 73.1 Å². The normalized spacial score (nSPS) is 27.9. The van der Waals surface area contributed by atoms with Crippen molar-refractivity contribution in [2.75, 3.05) is 0 Å². The molecule has 0 N–H and O–H groups in total. The number of rotatable bonds is 3. The first-order chi connectivity index (χ1) is 16.1. The summed E-state index contributed by atoms with van der Waals surface area (Å²) in [6, 6.07) is 27.8. The Morgan fingerprint density at radius 1 is 0.848 bits per heavy atom. The summed E-state index contributed by atoms with van der Waals surface area (Å²) in [4.78, 5) is 17.8. The van der Waals surface area contributed by atoms with Crippen molar-refractivity contribution in [2.45, 2.75) is 51.4 Å². The van der Waals surface area contributed by atoms with Crippen molar-refractivity contribution >= 4 is 17.2 Å². The standard InChI is InChI=1S/C31H31NO/c1-31-19-18-26-25-15-13-24(20-23(25)12-14-27(26)28(31)16-17-29(31)33)32-30(21-8-4-2-5-9-21)22-10-6-3-7-11-22/h2-11,13,15,20,26-28H,12,14,16-19H2,1H3/t26?,27?,28?,31-/m0/s1. The molecular weight excluding hydrogens is 402 g/mol. The lowest BCUT2D eigenvalue weighted by molar-refractivity contribution is -0.129. The lowest BCUT2D eigenvalue weighted by atomic mass is 9.55. The van der Waals surface area contributed by atoms with E-state index in [9.17, 15) is 4.79 Å². The SMILES string of the molecule is C[C@]12CCC3c4ccc(N=C(c5ccccc5)c5ccccc5)cc4CCC3C1CCC2=O. The largest absolute Gasteiger partial charge is 0.299 e. The fourth-order valence-electron chi connectivity index (χ4n) is 7.03. The molecule has 166 valence electrons. The molecule has 0 radical (unpaired) electrons. The summed E-state index contributed by atoms with van der Waals surface area (Å²) >= 11 is 0. The molecule has 3 unspecified atom stereocenters. The molecule has 4 atom stereocenters. The number of Topliss-reactive ketones (excluding diaryl/α,β-unsaturated/α-hetero) is 1. The van der Waals surface area contributed by atoms with E-state index in [-0.39, 0.29) is 5.41 Å². The number of hydrogen-bond donors (Lipinski definition) is 0. The van der Waals surface area contributed by atoms with Crippen LogP contribution < -0.4 is 0 Å². The van der Waals surface area contributed by atoms with Gasteiger partial charge in [0.1, 0.15) is 5.78 Å². The highest BCUT2D eigenvalue weighted by Gasteiger charge is 2.54. The van der Waals surface area contributed by atoms with Gasteiger partial charge >= 0.3 is 0 Å². The van der Waals surface area contributed by atoms with Crippen molar-refractivity contribution in [3.8, 4) is 0 Å². The molecule has 0 aliphatic heterocycles. The van der Waals surface area contributed by atoms with Crippen molar-refractivity contribution in [3.05, 3.63) is 101 Å². The average molecular weight is 434 g/mol. The van der Waals surface area contributed by atoms with Gasteiger partial charge in [0.2, 0.25) is 0 Å². The van der Waals surface area contributed by atoms with Crippen LogP contribution in [0.15, 0.2) is 83.9 Å². The summed E-state index contributed by atoms with van der Waals surface area (Å²) < 4.78 is 0. The van der Waals surface area contributed by atoms with Crippen LogP contribution >= 0.6 is 0 Å². The van der Waals surface area contributed by atoms with E-state index in [1.165, 1.54) is 17.5 Å². The van der Waals surface area contributed by atoms with E-state index in [0.717, 1.165) is 54.6 Å². The Bertz CT molecular complexity index is 1170. The van der Waals surface area contributed by atoms with E-state index in [1.54, 1.807) is 0 Å². The third-order valence-corrected chi connectivity index (χ3v) is 8.75. The third kappa shape index (κ3) is 3.47. The van der Waals surface area contributed by atoms with Crippen LogP contribution in [-0.2, 0) is 11.2 Å². The number of carbonyl (C=O) groups excluding carboxylic acids is 1. The highest BCUT2D eigenvalue weighted by molar-refractivity contribution is 6.13. The van der Waals surface area contributed by atoms with E-state index in [1.807, 2.05) is 0 Å². The maximum absolute atomic E-state index is 12.6. The molecule has 0 bridgehead atoms. The zero-order valence-electron chi connectivity index (χ0n) is 19.3. The van der Waals surface area contributed by atoms with E-state index in [2.05, 4.69) is 85.8 Å². The van der Waals surface area contributed by atoms with E-state index < -0.39 is 0 Å². The monoisotopic (exact) mass is 433 g/mol. The Morgan fingerprint density at radius 2 is 1.55 bits per heavy atom.